The van der Waals surface area contributed by atoms with Gasteiger partial charge in [0.05, 0.1) is 24.2 Å². The molecule has 5 nitrogen and oxygen atoms in total. The van der Waals surface area contributed by atoms with E-state index in [0.29, 0.717) is 6.61 Å². The van der Waals surface area contributed by atoms with Gasteiger partial charge in [-0.1, -0.05) is 17.3 Å². The van der Waals surface area contributed by atoms with Crippen LogP contribution < -0.4 is 9.47 Å². The number of rotatable bonds is 3. The molecule has 1 aliphatic rings. The predicted molar refractivity (Wildman–Crippen MR) is 89.3 cm³/mol. The molecule has 3 heterocycles. The molecule has 0 aliphatic carbocycles. The van der Waals surface area contributed by atoms with Crippen LogP contribution in [0.25, 0.3) is 10.6 Å². The van der Waals surface area contributed by atoms with Gasteiger partial charge in [-0.15, -0.1) is 16.4 Å². The van der Waals surface area contributed by atoms with Crippen molar-refractivity contribution in [2.45, 2.75) is 19.4 Å². The van der Waals surface area contributed by atoms with E-state index in [9.17, 15) is 0 Å². The van der Waals surface area contributed by atoms with Gasteiger partial charge in [0.1, 0.15) is 12.3 Å². The van der Waals surface area contributed by atoms with Crippen molar-refractivity contribution in [1.29, 1.82) is 0 Å². The van der Waals surface area contributed by atoms with Gasteiger partial charge in [-0.2, -0.15) is 0 Å². The molecule has 0 amide bonds. The number of aryl methyl sites for hydroxylation is 1. The first kappa shape index (κ1) is 14.3. The lowest BCUT2D eigenvalue weighted by molar-refractivity contribution is 0.203. The fourth-order valence-corrected chi connectivity index (χ4v) is 3.78. The lowest BCUT2D eigenvalue weighted by Crippen LogP contribution is -2.25. The normalized spacial score (nSPS) is 16.7. The van der Waals surface area contributed by atoms with E-state index in [1.807, 2.05) is 23.0 Å². The van der Waals surface area contributed by atoms with Crippen LogP contribution in [0.5, 0.6) is 11.5 Å². The van der Waals surface area contributed by atoms with Crippen molar-refractivity contribution >= 4 is 11.3 Å². The summed E-state index contributed by atoms with van der Waals surface area (Å²) >= 11 is 1.69. The lowest BCUT2D eigenvalue weighted by Gasteiger charge is -2.26. The van der Waals surface area contributed by atoms with E-state index in [2.05, 4.69) is 34.7 Å². The van der Waals surface area contributed by atoms with Gasteiger partial charge in [0.15, 0.2) is 11.5 Å². The highest BCUT2D eigenvalue weighted by atomic mass is 32.1. The molecular weight excluding hydrogens is 310 g/mol. The van der Waals surface area contributed by atoms with Crippen molar-refractivity contribution in [2.75, 3.05) is 13.7 Å². The van der Waals surface area contributed by atoms with Gasteiger partial charge in [-0.3, -0.25) is 0 Å². The largest absolute Gasteiger partial charge is 0.493 e. The maximum Gasteiger partial charge on any atom is 0.164 e. The van der Waals surface area contributed by atoms with E-state index >= 15 is 0 Å². The summed E-state index contributed by atoms with van der Waals surface area (Å²) in [5, 5.41) is 10.7. The Morgan fingerprint density at radius 2 is 2.26 bits per heavy atom. The summed E-state index contributed by atoms with van der Waals surface area (Å²) < 4.78 is 13.2. The molecule has 118 valence electrons. The number of thiophene rings is 1. The second-order valence-electron chi connectivity index (χ2n) is 5.63. The van der Waals surface area contributed by atoms with Crippen LogP contribution in [-0.4, -0.2) is 28.7 Å². The predicted octanol–water partition coefficient (Wildman–Crippen LogP) is 3.50. The minimum Gasteiger partial charge on any atom is -0.493 e. The van der Waals surface area contributed by atoms with Gasteiger partial charge in [-0.25, -0.2) is 4.68 Å². The smallest absolute Gasteiger partial charge is 0.164 e. The van der Waals surface area contributed by atoms with Crippen LogP contribution in [-0.2, 0) is 6.42 Å². The number of benzene rings is 1. The Hall–Kier alpha value is -2.34. The van der Waals surface area contributed by atoms with Gasteiger partial charge in [0, 0.05) is 12.0 Å². The summed E-state index contributed by atoms with van der Waals surface area (Å²) in [5.41, 5.74) is 3.30. The van der Waals surface area contributed by atoms with Crippen molar-refractivity contribution in [1.82, 2.24) is 15.0 Å². The highest BCUT2D eigenvalue weighted by Crippen LogP contribution is 2.37. The van der Waals surface area contributed by atoms with E-state index < -0.39 is 0 Å². The van der Waals surface area contributed by atoms with Gasteiger partial charge < -0.3 is 9.47 Å². The summed E-state index contributed by atoms with van der Waals surface area (Å²) in [4.78, 5) is 1.18. The molecule has 0 N–H and O–H groups in total. The average molecular weight is 327 g/mol. The molecular formula is C17H17N3O2S. The van der Waals surface area contributed by atoms with Crippen molar-refractivity contribution in [3.8, 4) is 22.1 Å². The maximum atomic E-state index is 5.93. The molecule has 0 fully saturated rings. The first-order valence-corrected chi connectivity index (χ1v) is 8.39. The van der Waals surface area contributed by atoms with E-state index in [1.54, 1.807) is 18.4 Å². The first-order valence-electron chi connectivity index (χ1n) is 7.51. The van der Waals surface area contributed by atoms with E-state index in [-0.39, 0.29) is 6.04 Å². The third kappa shape index (κ3) is 2.49. The first-order chi connectivity index (χ1) is 11.3. The van der Waals surface area contributed by atoms with Crippen molar-refractivity contribution in [3.05, 3.63) is 47.0 Å². The molecule has 6 heteroatoms. The number of aromatic nitrogens is 3. The fraction of sp³-hybridized carbons (Fsp3) is 0.294. The monoisotopic (exact) mass is 327 g/mol. The number of para-hydroxylation sites is 1. The van der Waals surface area contributed by atoms with Crippen LogP contribution in [0.3, 0.4) is 0 Å². The maximum absolute atomic E-state index is 5.93. The number of methoxy groups -OCH3 is 1. The zero-order valence-electron chi connectivity index (χ0n) is 13.0. The third-order valence-corrected chi connectivity index (χ3v) is 5.17. The Morgan fingerprint density at radius 1 is 1.35 bits per heavy atom. The number of hydrogen-bond donors (Lipinski definition) is 0. The van der Waals surface area contributed by atoms with E-state index in [4.69, 9.17) is 9.47 Å². The summed E-state index contributed by atoms with van der Waals surface area (Å²) in [5.74, 6) is 1.63. The Morgan fingerprint density at radius 3 is 3.04 bits per heavy atom. The SMILES string of the molecule is COc1cccc2c1OCC(n1cc(-c3sccc3C)nn1)C2. The Labute approximate surface area is 138 Å². The molecule has 0 spiro atoms. The molecule has 0 bridgehead atoms. The molecule has 1 unspecified atom stereocenters. The Bertz CT molecular complexity index is 840. The van der Waals surface area contributed by atoms with Crippen LogP contribution in [0, 0.1) is 6.92 Å². The van der Waals surface area contributed by atoms with Crippen LogP contribution in [0.15, 0.2) is 35.8 Å². The minimum absolute atomic E-state index is 0.149. The van der Waals surface area contributed by atoms with Crippen molar-refractivity contribution < 1.29 is 9.47 Å². The highest BCUT2D eigenvalue weighted by Gasteiger charge is 2.25. The topological polar surface area (TPSA) is 49.2 Å². The summed E-state index contributed by atoms with van der Waals surface area (Å²) in [6.45, 7) is 2.66. The summed E-state index contributed by atoms with van der Waals surface area (Å²) in [6, 6.07) is 8.24. The van der Waals surface area contributed by atoms with Gasteiger partial charge in [0.25, 0.3) is 0 Å². The van der Waals surface area contributed by atoms with Crippen LogP contribution >= 0.6 is 11.3 Å². The molecule has 0 radical (unpaired) electrons. The van der Waals surface area contributed by atoms with Crippen molar-refractivity contribution in [3.63, 3.8) is 0 Å². The molecule has 4 rings (SSSR count). The molecule has 1 aliphatic heterocycles. The minimum atomic E-state index is 0.149. The molecule has 0 saturated heterocycles. The molecule has 2 aromatic heterocycles. The van der Waals surface area contributed by atoms with E-state index in [1.165, 1.54) is 10.4 Å². The summed E-state index contributed by atoms with van der Waals surface area (Å²) in [7, 11) is 1.66. The van der Waals surface area contributed by atoms with Crippen molar-refractivity contribution in [2.24, 2.45) is 0 Å². The average Bonchev–Trinajstić information content (AvgIpc) is 3.22. The van der Waals surface area contributed by atoms with Gasteiger partial charge in [-0.05, 0) is 30.0 Å². The molecule has 1 atom stereocenters. The number of ether oxygens (including phenoxy) is 2. The lowest BCUT2D eigenvalue weighted by atomic mass is 10.0. The number of hydrogen-bond acceptors (Lipinski definition) is 5. The molecule has 0 saturated carbocycles. The molecule has 23 heavy (non-hydrogen) atoms. The quantitative estimate of drug-likeness (QED) is 0.739. The fourth-order valence-electron chi connectivity index (χ4n) is 2.90. The van der Waals surface area contributed by atoms with Crippen LogP contribution in [0.2, 0.25) is 0 Å². The summed E-state index contributed by atoms with van der Waals surface area (Å²) in [6.07, 6.45) is 2.87. The Kier molecular flexibility index (Phi) is 3.53. The van der Waals surface area contributed by atoms with E-state index in [0.717, 1.165) is 29.2 Å². The van der Waals surface area contributed by atoms with Gasteiger partial charge in [0.2, 0.25) is 0 Å². The second kappa shape index (κ2) is 5.70. The zero-order chi connectivity index (χ0) is 15.8. The number of fused-ring (bicyclic) bond motifs is 1. The second-order valence-corrected chi connectivity index (χ2v) is 6.55. The Balaban J connectivity index is 1.61. The highest BCUT2D eigenvalue weighted by molar-refractivity contribution is 7.13. The molecule has 1 aromatic carbocycles. The number of nitrogens with zero attached hydrogens (tertiary/aromatic N) is 3. The van der Waals surface area contributed by atoms with Crippen LogP contribution in [0.1, 0.15) is 17.2 Å². The molecule has 3 aromatic rings. The van der Waals surface area contributed by atoms with Crippen LogP contribution in [0.4, 0.5) is 0 Å². The zero-order valence-corrected chi connectivity index (χ0v) is 13.8. The third-order valence-electron chi connectivity index (χ3n) is 4.14. The van der Waals surface area contributed by atoms with Gasteiger partial charge >= 0.3 is 0 Å². The standard InChI is InChI=1S/C17H17N3O2S/c1-11-6-7-23-17(11)14-9-20(19-18-14)13-8-12-4-3-5-15(21-2)16(12)22-10-13/h3-7,9,13H,8,10H2,1-2H3.